The first-order chi connectivity index (χ1) is 9.70. The van der Waals surface area contributed by atoms with Gasteiger partial charge in [0.2, 0.25) is 5.91 Å². The molecule has 1 atom stereocenters. The van der Waals surface area contributed by atoms with Crippen LogP contribution >= 0.6 is 12.4 Å². The second kappa shape index (κ2) is 8.80. The van der Waals surface area contributed by atoms with Crippen molar-refractivity contribution in [1.82, 2.24) is 10.2 Å². The molecule has 1 aliphatic heterocycles. The van der Waals surface area contributed by atoms with E-state index in [1.807, 2.05) is 0 Å². The Balaban J connectivity index is 0.00000220. The van der Waals surface area contributed by atoms with Crippen LogP contribution in [0.15, 0.2) is 36.9 Å². The maximum absolute atomic E-state index is 13.7. The lowest BCUT2D eigenvalue weighted by Gasteiger charge is -2.23. The summed E-state index contributed by atoms with van der Waals surface area (Å²) in [6, 6.07) is 6.83. The van der Waals surface area contributed by atoms with Crippen LogP contribution in [-0.2, 0) is 11.3 Å². The summed E-state index contributed by atoms with van der Waals surface area (Å²) in [6.45, 7) is 5.39. The van der Waals surface area contributed by atoms with Crippen molar-refractivity contribution in [1.29, 1.82) is 0 Å². The third-order valence-electron chi connectivity index (χ3n) is 3.60. The summed E-state index contributed by atoms with van der Waals surface area (Å²) in [5, 5.41) is 3.31. The molecule has 0 saturated carbocycles. The first-order valence-corrected chi connectivity index (χ1v) is 7.06. The van der Waals surface area contributed by atoms with Gasteiger partial charge in [-0.15, -0.1) is 19.0 Å². The van der Waals surface area contributed by atoms with Crippen molar-refractivity contribution in [2.75, 3.05) is 13.1 Å². The smallest absolute Gasteiger partial charge is 0.224 e. The van der Waals surface area contributed by atoms with Gasteiger partial charge in [-0.2, -0.15) is 0 Å². The van der Waals surface area contributed by atoms with Gasteiger partial charge in [-0.1, -0.05) is 24.3 Å². The largest absolute Gasteiger partial charge is 0.335 e. The van der Waals surface area contributed by atoms with Crippen LogP contribution in [0.2, 0.25) is 0 Å². The van der Waals surface area contributed by atoms with Crippen LogP contribution in [0.3, 0.4) is 0 Å². The van der Waals surface area contributed by atoms with Crippen LogP contribution in [-0.4, -0.2) is 29.9 Å². The van der Waals surface area contributed by atoms with Crippen molar-refractivity contribution in [2.24, 2.45) is 0 Å². The molecule has 1 N–H and O–H groups in total. The summed E-state index contributed by atoms with van der Waals surface area (Å²) in [5.41, 5.74) is 0.544. The van der Waals surface area contributed by atoms with E-state index in [-0.39, 0.29) is 30.2 Å². The summed E-state index contributed by atoms with van der Waals surface area (Å²) in [4.78, 5) is 14.0. The Hall–Kier alpha value is -1.39. The fourth-order valence-electron chi connectivity index (χ4n) is 2.51. The summed E-state index contributed by atoms with van der Waals surface area (Å²) in [7, 11) is 0. The molecule has 1 saturated heterocycles. The molecule has 1 aromatic carbocycles. The van der Waals surface area contributed by atoms with Crippen molar-refractivity contribution >= 4 is 18.3 Å². The molecule has 0 bridgehead atoms. The zero-order valence-electron chi connectivity index (χ0n) is 12.1. The number of nitrogens with one attached hydrogen (secondary N) is 1. The molecular weight excluding hydrogens is 291 g/mol. The molecule has 0 aliphatic carbocycles. The van der Waals surface area contributed by atoms with E-state index in [0.29, 0.717) is 25.1 Å². The lowest BCUT2D eigenvalue weighted by molar-refractivity contribution is -0.131. The monoisotopic (exact) mass is 312 g/mol. The predicted octanol–water partition coefficient (Wildman–Crippen LogP) is 2.90. The predicted molar refractivity (Wildman–Crippen MR) is 84.9 cm³/mol. The van der Waals surface area contributed by atoms with Gasteiger partial charge in [0.25, 0.3) is 0 Å². The van der Waals surface area contributed by atoms with Gasteiger partial charge in [-0.05, 0) is 25.5 Å². The second-order valence-corrected chi connectivity index (χ2v) is 5.15. The van der Waals surface area contributed by atoms with E-state index in [4.69, 9.17) is 0 Å². The minimum atomic E-state index is -0.270. The zero-order valence-corrected chi connectivity index (χ0v) is 12.9. The number of carbonyl (C=O) groups excluding carboxylic acids is 1. The van der Waals surface area contributed by atoms with E-state index in [9.17, 15) is 9.18 Å². The Kier molecular flexibility index (Phi) is 7.40. The molecule has 1 unspecified atom stereocenters. The van der Waals surface area contributed by atoms with Crippen molar-refractivity contribution in [3.63, 3.8) is 0 Å². The van der Waals surface area contributed by atoms with Crippen LogP contribution in [0, 0.1) is 5.82 Å². The molecule has 0 radical (unpaired) electrons. The van der Waals surface area contributed by atoms with Gasteiger partial charge in [-0.3, -0.25) is 4.79 Å². The van der Waals surface area contributed by atoms with Gasteiger partial charge < -0.3 is 10.2 Å². The SMILES string of the molecule is C=CCN(Cc1ccccc1F)C(=O)CC1CCCN1.Cl. The first kappa shape index (κ1) is 17.7. The average molecular weight is 313 g/mol. The number of halogens is 2. The number of amides is 1. The Morgan fingerprint density at radius 1 is 1.48 bits per heavy atom. The van der Waals surface area contributed by atoms with E-state index in [0.717, 1.165) is 19.4 Å². The Morgan fingerprint density at radius 3 is 2.86 bits per heavy atom. The molecule has 5 heteroatoms. The molecule has 1 aromatic rings. The molecule has 0 aromatic heterocycles. The van der Waals surface area contributed by atoms with Crippen molar-refractivity contribution in [2.45, 2.75) is 31.8 Å². The van der Waals surface area contributed by atoms with E-state index in [2.05, 4.69) is 11.9 Å². The van der Waals surface area contributed by atoms with Crippen LogP contribution in [0.4, 0.5) is 4.39 Å². The third-order valence-corrected chi connectivity index (χ3v) is 3.60. The Morgan fingerprint density at radius 2 is 2.24 bits per heavy atom. The highest BCUT2D eigenvalue weighted by Gasteiger charge is 2.21. The van der Waals surface area contributed by atoms with Gasteiger partial charge in [0.05, 0.1) is 0 Å². The number of hydrogen-bond acceptors (Lipinski definition) is 2. The topological polar surface area (TPSA) is 32.3 Å². The van der Waals surface area contributed by atoms with E-state index in [1.54, 1.807) is 29.2 Å². The number of benzene rings is 1. The van der Waals surface area contributed by atoms with Gasteiger partial charge >= 0.3 is 0 Å². The average Bonchev–Trinajstić information content (AvgIpc) is 2.93. The van der Waals surface area contributed by atoms with E-state index >= 15 is 0 Å². The van der Waals surface area contributed by atoms with Crippen LogP contribution in [0.5, 0.6) is 0 Å². The van der Waals surface area contributed by atoms with E-state index in [1.165, 1.54) is 6.07 Å². The minimum absolute atomic E-state index is 0. The summed E-state index contributed by atoms with van der Waals surface area (Å²) in [5.74, 6) is -0.221. The Bertz CT molecular complexity index is 475. The molecule has 2 rings (SSSR count). The first-order valence-electron chi connectivity index (χ1n) is 7.06. The Labute approximate surface area is 131 Å². The fraction of sp³-hybridized carbons (Fsp3) is 0.438. The maximum Gasteiger partial charge on any atom is 0.224 e. The van der Waals surface area contributed by atoms with Crippen molar-refractivity contribution < 1.29 is 9.18 Å². The lowest BCUT2D eigenvalue weighted by Crippen LogP contribution is -2.35. The van der Waals surface area contributed by atoms with Gasteiger partial charge in [0, 0.05) is 31.1 Å². The van der Waals surface area contributed by atoms with Gasteiger partial charge in [0.1, 0.15) is 5.82 Å². The highest BCUT2D eigenvalue weighted by Crippen LogP contribution is 2.14. The molecular formula is C16H22ClFN2O. The third kappa shape index (κ3) is 5.14. The van der Waals surface area contributed by atoms with Crippen molar-refractivity contribution in [3.8, 4) is 0 Å². The highest BCUT2D eigenvalue weighted by molar-refractivity contribution is 5.85. The lowest BCUT2D eigenvalue weighted by atomic mass is 10.1. The molecule has 0 spiro atoms. The second-order valence-electron chi connectivity index (χ2n) is 5.15. The molecule has 1 fully saturated rings. The normalized spacial score (nSPS) is 17.1. The van der Waals surface area contributed by atoms with Crippen LogP contribution < -0.4 is 5.32 Å². The molecule has 21 heavy (non-hydrogen) atoms. The maximum atomic E-state index is 13.7. The molecule has 1 aliphatic rings. The molecule has 1 amide bonds. The summed E-state index contributed by atoms with van der Waals surface area (Å²) < 4.78 is 13.7. The van der Waals surface area contributed by atoms with Crippen LogP contribution in [0.1, 0.15) is 24.8 Å². The number of carbonyl (C=O) groups is 1. The summed E-state index contributed by atoms with van der Waals surface area (Å²) in [6.07, 6.45) is 4.31. The number of nitrogens with zero attached hydrogens (tertiary/aromatic N) is 1. The van der Waals surface area contributed by atoms with Gasteiger partial charge in [-0.25, -0.2) is 4.39 Å². The van der Waals surface area contributed by atoms with E-state index < -0.39 is 0 Å². The standard InChI is InChI=1S/C16H21FN2O.ClH/c1-2-10-19(12-13-6-3-4-8-15(13)17)16(20)11-14-7-5-9-18-14;/h2-4,6,8,14,18H,1,5,7,9-12H2;1H. The van der Waals surface area contributed by atoms with Crippen LogP contribution in [0.25, 0.3) is 0 Å². The van der Waals surface area contributed by atoms with Crippen molar-refractivity contribution in [3.05, 3.63) is 48.3 Å². The minimum Gasteiger partial charge on any atom is -0.335 e. The van der Waals surface area contributed by atoms with Gasteiger partial charge in [0.15, 0.2) is 0 Å². The fourth-order valence-corrected chi connectivity index (χ4v) is 2.51. The summed E-state index contributed by atoms with van der Waals surface area (Å²) >= 11 is 0. The zero-order chi connectivity index (χ0) is 14.4. The molecule has 3 nitrogen and oxygen atoms in total. The molecule has 116 valence electrons. The highest BCUT2D eigenvalue weighted by atomic mass is 35.5. The number of rotatable bonds is 6. The number of hydrogen-bond donors (Lipinski definition) is 1. The quantitative estimate of drug-likeness (QED) is 0.819. The molecule has 1 heterocycles.